The number of ether oxygens (including phenoxy) is 2. The summed E-state index contributed by atoms with van der Waals surface area (Å²) in [6.45, 7) is 2.77. The number of benzene rings is 2. The first kappa shape index (κ1) is 26.4. The minimum Gasteiger partial charge on any atom is -0.490 e. The highest BCUT2D eigenvalue weighted by Gasteiger charge is 2.31. The van der Waals surface area contributed by atoms with Crippen molar-refractivity contribution < 1.29 is 32.5 Å². The van der Waals surface area contributed by atoms with Gasteiger partial charge in [-0.05, 0) is 43.2 Å². The third-order valence-electron chi connectivity index (χ3n) is 5.25. The van der Waals surface area contributed by atoms with Gasteiger partial charge in [0.1, 0.15) is 30.3 Å². The number of piperidine rings is 1. The van der Waals surface area contributed by atoms with Gasteiger partial charge >= 0.3 is 6.18 Å². The zero-order valence-electron chi connectivity index (χ0n) is 18.4. The molecule has 2 aromatic rings. The maximum Gasteiger partial charge on any atom is 0.416 e. The Labute approximate surface area is 205 Å². The van der Waals surface area contributed by atoms with Crippen molar-refractivity contribution in [1.82, 2.24) is 4.90 Å². The van der Waals surface area contributed by atoms with Crippen LogP contribution in [0.2, 0.25) is 10.0 Å². The third kappa shape index (κ3) is 7.66. The second-order valence-corrected chi connectivity index (χ2v) is 8.86. The van der Waals surface area contributed by atoms with E-state index in [2.05, 4.69) is 10.2 Å². The van der Waals surface area contributed by atoms with Crippen LogP contribution in [-0.2, 0) is 11.0 Å². The van der Waals surface area contributed by atoms with E-state index in [1.165, 1.54) is 6.92 Å². The van der Waals surface area contributed by atoms with E-state index in [1.54, 1.807) is 18.2 Å². The highest BCUT2D eigenvalue weighted by Crippen LogP contribution is 2.35. The summed E-state index contributed by atoms with van der Waals surface area (Å²) < 4.78 is 50.4. The Balaban J connectivity index is 1.48. The molecule has 6 nitrogen and oxygen atoms in total. The lowest BCUT2D eigenvalue weighted by atomic mass is 10.1. The number of nitrogens with one attached hydrogen (secondary N) is 1. The quantitative estimate of drug-likeness (QED) is 0.497. The van der Waals surface area contributed by atoms with Crippen LogP contribution < -0.4 is 14.8 Å². The Hall–Kier alpha value is -2.20. The molecule has 0 spiro atoms. The van der Waals surface area contributed by atoms with Crippen molar-refractivity contribution in [3.8, 4) is 11.5 Å². The molecule has 0 radical (unpaired) electrons. The Bertz CT molecular complexity index is 999. The lowest BCUT2D eigenvalue weighted by molar-refractivity contribution is -0.137. The first-order valence-electron chi connectivity index (χ1n) is 10.6. The van der Waals surface area contributed by atoms with Crippen LogP contribution in [0.1, 0.15) is 25.3 Å². The normalized spacial score (nSPS) is 16.2. The van der Waals surface area contributed by atoms with E-state index in [0.717, 1.165) is 31.0 Å². The summed E-state index contributed by atoms with van der Waals surface area (Å²) in [7, 11) is 0. The van der Waals surface area contributed by atoms with Crippen molar-refractivity contribution in [2.75, 3.05) is 31.6 Å². The summed E-state index contributed by atoms with van der Waals surface area (Å²) in [4.78, 5) is 13.4. The van der Waals surface area contributed by atoms with E-state index in [-0.39, 0.29) is 24.1 Å². The molecule has 1 unspecified atom stereocenters. The van der Waals surface area contributed by atoms with Gasteiger partial charge in [0, 0.05) is 32.6 Å². The smallest absolute Gasteiger partial charge is 0.416 e. The van der Waals surface area contributed by atoms with Gasteiger partial charge in [0.15, 0.2) is 0 Å². The molecule has 186 valence electrons. The number of aliphatic hydroxyl groups excluding tert-OH is 1. The van der Waals surface area contributed by atoms with E-state index in [9.17, 15) is 23.1 Å². The van der Waals surface area contributed by atoms with E-state index in [4.69, 9.17) is 32.7 Å². The number of β-amino-alcohol motifs (C(OH)–C–C–N with tert-alkyl or cyclic N) is 1. The van der Waals surface area contributed by atoms with Gasteiger partial charge < -0.3 is 24.8 Å². The minimum absolute atomic E-state index is 0.00856. The second kappa shape index (κ2) is 11.5. The number of hydrogen-bond donors (Lipinski definition) is 2. The number of hydrogen-bond acceptors (Lipinski definition) is 5. The number of rotatable bonds is 8. The van der Waals surface area contributed by atoms with Crippen LogP contribution in [0.5, 0.6) is 11.5 Å². The van der Waals surface area contributed by atoms with E-state index in [0.29, 0.717) is 35.4 Å². The molecule has 2 N–H and O–H groups in total. The number of halogens is 5. The van der Waals surface area contributed by atoms with Crippen LogP contribution in [-0.4, -0.2) is 54.4 Å². The average Bonchev–Trinajstić information content (AvgIpc) is 2.76. The van der Waals surface area contributed by atoms with Gasteiger partial charge in [-0.3, -0.25) is 4.79 Å². The first-order chi connectivity index (χ1) is 16.0. The van der Waals surface area contributed by atoms with Gasteiger partial charge in [-0.15, -0.1) is 0 Å². The van der Waals surface area contributed by atoms with E-state index < -0.39 is 23.8 Å². The second-order valence-electron chi connectivity index (χ2n) is 8.05. The van der Waals surface area contributed by atoms with Gasteiger partial charge in [-0.1, -0.05) is 23.2 Å². The number of carbonyl (C=O) groups excluding carboxylic acids is 1. The number of carbonyl (C=O) groups is 1. The van der Waals surface area contributed by atoms with Crippen molar-refractivity contribution in [3.05, 3.63) is 52.0 Å². The predicted octanol–water partition coefficient (Wildman–Crippen LogP) is 5.25. The SMILES string of the molecule is CC(=O)Nc1cc(C(F)(F)F)ccc1OCC(O)CN1CCC(Oc2ccc(Cl)c(Cl)c2)CC1. The molecule has 1 atom stereocenters. The van der Waals surface area contributed by atoms with Crippen LogP contribution in [0.25, 0.3) is 0 Å². The molecule has 1 aliphatic rings. The number of nitrogens with zero attached hydrogens (tertiary/aromatic N) is 1. The van der Waals surface area contributed by atoms with Crippen molar-refractivity contribution in [3.63, 3.8) is 0 Å². The molecule has 11 heteroatoms. The highest BCUT2D eigenvalue weighted by molar-refractivity contribution is 6.42. The largest absolute Gasteiger partial charge is 0.490 e. The third-order valence-corrected chi connectivity index (χ3v) is 5.99. The van der Waals surface area contributed by atoms with Crippen molar-refractivity contribution in [2.45, 2.75) is 38.1 Å². The molecule has 3 rings (SSSR count). The standard InChI is InChI=1S/C23H25Cl2F3N2O4/c1-14(31)29-21-10-15(23(26,27)28)2-5-22(21)33-13-16(32)12-30-8-6-17(7-9-30)34-18-3-4-19(24)20(25)11-18/h2-5,10-11,16-17,32H,6-9,12-13H2,1H3,(H,29,31). The van der Waals surface area contributed by atoms with Crippen LogP contribution in [0, 0.1) is 0 Å². The van der Waals surface area contributed by atoms with Crippen LogP contribution in [0.3, 0.4) is 0 Å². The fraction of sp³-hybridized carbons (Fsp3) is 0.435. The molecule has 0 bridgehead atoms. The molecular formula is C23H25Cl2F3N2O4. The minimum atomic E-state index is -4.55. The Morgan fingerprint density at radius 2 is 1.88 bits per heavy atom. The summed E-state index contributed by atoms with van der Waals surface area (Å²) in [5.74, 6) is 0.166. The summed E-state index contributed by atoms with van der Waals surface area (Å²) >= 11 is 11.9. The van der Waals surface area contributed by atoms with Gasteiger partial charge in [0.2, 0.25) is 5.91 Å². The number of amides is 1. The zero-order valence-corrected chi connectivity index (χ0v) is 19.9. The lowest BCUT2D eigenvalue weighted by Gasteiger charge is -2.33. The maximum absolute atomic E-state index is 13.0. The Morgan fingerprint density at radius 1 is 1.18 bits per heavy atom. The van der Waals surface area contributed by atoms with Gasteiger partial charge in [0.25, 0.3) is 0 Å². The molecule has 1 aliphatic heterocycles. The molecule has 1 heterocycles. The van der Waals surface area contributed by atoms with Gasteiger partial charge in [-0.25, -0.2) is 0 Å². The van der Waals surface area contributed by atoms with Gasteiger partial charge in [0.05, 0.1) is 21.3 Å². The van der Waals surface area contributed by atoms with Crippen LogP contribution in [0.15, 0.2) is 36.4 Å². The lowest BCUT2D eigenvalue weighted by Crippen LogP contribution is -2.43. The first-order valence-corrected chi connectivity index (χ1v) is 11.4. The zero-order chi connectivity index (χ0) is 24.9. The van der Waals surface area contributed by atoms with Crippen LogP contribution in [0.4, 0.5) is 18.9 Å². The fourth-order valence-corrected chi connectivity index (χ4v) is 3.90. The number of anilines is 1. The van der Waals surface area contributed by atoms with Crippen molar-refractivity contribution in [1.29, 1.82) is 0 Å². The maximum atomic E-state index is 13.0. The van der Waals surface area contributed by atoms with Crippen LogP contribution >= 0.6 is 23.2 Å². The number of likely N-dealkylation sites (tertiary alicyclic amines) is 1. The topological polar surface area (TPSA) is 71.0 Å². The highest BCUT2D eigenvalue weighted by atomic mass is 35.5. The van der Waals surface area contributed by atoms with Crippen molar-refractivity contribution >= 4 is 34.8 Å². The molecule has 2 aromatic carbocycles. The molecule has 0 aliphatic carbocycles. The summed E-state index contributed by atoms with van der Waals surface area (Å²) in [5, 5.41) is 13.6. The molecule has 0 saturated carbocycles. The number of aliphatic hydroxyl groups is 1. The molecule has 0 aromatic heterocycles. The average molecular weight is 521 g/mol. The summed E-state index contributed by atoms with van der Waals surface area (Å²) in [6, 6.07) is 7.92. The summed E-state index contributed by atoms with van der Waals surface area (Å²) in [5.41, 5.74) is -1.01. The Morgan fingerprint density at radius 3 is 2.50 bits per heavy atom. The van der Waals surface area contributed by atoms with E-state index >= 15 is 0 Å². The fourth-order valence-electron chi connectivity index (χ4n) is 3.61. The molecule has 34 heavy (non-hydrogen) atoms. The monoisotopic (exact) mass is 520 g/mol. The number of alkyl halides is 3. The Kier molecular flexibility index (Phi) is 8.92. The summed E-state index contributed by atoms with van der Waals surface area (Å²) in [6.07, 6.45) is -3.92. The molecule has 1 amide bonds. The predicted molar refractivity (Wildman–Crippen MR) is 124 cm³/mol. The van der Waals surface area contributed by atoms with Crippen molar-refractivity contribution in [2.24, 2.45) is 0 Å². The molecular weight excluding hydrogens is 496 g/mol. The molecule has 1 saturated heterocycles. The van der Waals surface area contributed by atoms with E-state index in [1.807, 2.05) is 0 Å². The van der Waals surface area contributed by atoms with Gasteiger partial charge in [-0.2, -0.15) is 13.2 Å². The molecule has 1 fully saturated rings.